The molecule has 0 N–H and O–H groups in total. The number of benzene rings is 2. The number of hydrogen-bond donors (Lipinski definition) is 0. The molecule has 1 aliphatic heterocycles. The van der Waals surface area contributed by atoms with Gasteiger partial charge in [0.05, 0.1) is 24.3 Å². The predicted octanol–water partition coefficient (Wildman–Crippen LogP) is 7.58. The maximum atomic E-state index is 13.5. The Kier molecular flexibility index (Phi) is 7.04. The van der Waals surface area contributed by atoms with E-state index in [4.69, 9.17) is 9.47 Å². The number of halogens is 7. The molecule has 2 aliphatic rings. The van der Waals surface area contributed by atoms with Gasteiger partial charge in [-0.3, -0.25) is 0 Å². The summed E-state index contributed by atoms with van der Waals surface area (Å²) in [5.41, 5.74) is -2.74. The molecule has 2 aromatic rings. The van der Waals surface area contributed by atoms with Crippen molar-refractivity contribution < 1.29 is 35.8 Å². The van der Waals surface area contributed by atoms with Gasteiger partial charge in [-0.15, -0.1) is 0 Å². The molecule has 0 aromatic heterocycles. The van der Waals surface area contributed by atoms with Gasteiger partial charge in [0.25, 0.3) is 0 Å². The maximum absolute atomic E-state index is 13.5. The van der Waals surface area contributed by atoms with Gasteiger partial charge in [0.1, 0.15) is 0 Å². The number of hydrogen-bond acceptors (Lipinski definition) is 2. The SMILES string of the molecule is FC(F)(F)c1cc(C(F)(F)F)cc(C2(c3ccccc3)OCC(C3CCC(I)CC3)CO2)c1. The molecule has 0 bridgehead atoms. The zero-order valence-corrected chi connectivity index (χ0v) is 19.7. The van der Waals surface area contributed by atoms with Gasteiger partial charge >= 0.3 is 12.4 Å². The first kappa shape index (κ1) is 24.8. The molecule has 9 heteroatoms. The first-order valence-corrected chi connectivity index (χ1v) is 12.0. The molecule has 2 fully saturated rings. The Bertz CT molecular complexity index is 911. The van der Waals surface area contributed by atoms with Crippen LogP contribution in [-0.2, 0) is 27.6 Å². The van der Waals surface area contributed by atoms with Crippen molar-refractivity contribution in [3.8, 4) is 0 Å². The highest BCUT2D eigenvalue weighted by Gasteiger charge is 2.46. The zero-order chi connectivity index (χ0) is 23.9. The van der Waals surface area contributed by atoms with Crippen molar-refractivity contribution in [2.75, 3.05) is 13.2 Å². The molecule has 4 rings (SSSR count). The second kappa shape index (κ2) is 9.37. The van der Waals surface area contributed by atoms with Crippen molar-refractivity contribution in [3.05, 3.63) is 70.8 Å². The van der Waals surface area contributed by atoms with E-state index in [9.17, 15) is 26.3 Å². The first-order chi connectivity index (χ1) is 15.5. The van der Waals surface area contributed by atoms with Crippen LogP contribution < -0.4 is 0 Å². The monoisotopic (exact) mass is 584 g/mol. The first-order valence-electron chi connectivity index (χ1n) is 10.8. The molecule has 0 atom stereocenters. The Morgan fingerprint density at radius 2 is 1.21 bits per heavy atom. The van der Waals surface area contributed by atoms with Gasteiger partial charge in [0.15, 0.2) is 0 Å². The number of alkyl halides is 7. The summed E-state index contributed by atoms with van der Waals surface area (Å²) in [4.78, 5) is 0. The van der Waals surface area contributed by atoms with Crippen LogP contribution in [-0.4, -0.2) is 17.1 Å². The molecule has 0 radical (unpaired) electrons. The van der Waals surface area contributed by atoms with Crippen LogP contribution in [0.3, 0.4) is 0 Å². The average molecular weight is 584 g/mol. The van der Waals surface area contributed by atoms with Gasteiger partial charge in [0, 0.05) is 21.0 Å². The lowest BCUT2D eigenvalue weighted by molar-refractivity contribution is -0.274. The van der Waals surface area contributed by atoms with Crippen molar-refractivity contribution >= 4 is 22.6 Å². The topological polar surface area (TPSA) is 18.5 Å². The van der Waals surface area contributed by atoms with Crippen LogP contribution in [0.25, 0.3) is 0 Å². The fourth-order valence-corrected chi connectivity index (χ4v) is 5.38. The van der Waals surface area contributed by atoms with Crippen LogP contribution in [0.15, 0.2) is 48.5 Å². The predicted molar refractivity (Wildman–Crippen MR) is 119 cm³/mol. The van der Waals surface area contributed by atoms with Gasteiger partial charge < -0.3 is 9.47 Å². The minimum atomic E-state index is -4.96. The molecule has 1 aliphatic carbocycles. The third-order valence-electron chi connectivity index (χ3n) is 6.49. The van der Waals surface area contributed by atoms with Crippen molar-refractivity contribution in [3.63, 3.8) is 0 Å². The highest BCUT2D eigenvalue weighted by atomic mass is 127. The lowest BCUT2D eigenvalue weighted by atomic mass is 9.80. The van der Waals surface area contributed by atoms with Gasteiger partial charge in [-0.05, 0) is 49.8 Å². The van der Waals surface area contributed by atoms with E-state index in [1.165, 1.54) is 0 Å². The number of rotatable bonds is 3. The molecule has 0 unspecified atom stereocenters. The summed E-state index contributed by atoms with van der Waals surface area (Å²) < 4.78 is 93.9. The van der Waals surface area contributed by atoms with Crippen molar-refractivity contribution in [1.29, 1.82) is 0 Å². The summed E-state index contributed by atoms with van der Waals surface area (Å²) in [6, 6.07) is 9.71. The third kappa shape index (κ3) is 5.35. The fraction of sp³-hybridized carbons (Fsp3) is 0.500. The van der Waals surface area contributed by atoms with Crippen molar-refractivity contribution in [2.24, 2.45) is 11.8 Å². The Balaban J connectivity index is 1.74. The Labute approximate surface area is 201 Å². The maximum Gasteiger partial charge on any atom is 0.416 e. The molecule has 180 valence electrons. The molecular weight excluding hydrogens is 561 g/mol. The van der Waals surface area contributed by atoms with Crippen LogP contribution in [0.4, 0.5) is 26.3 Å². The van der Waals surface area contributed by atoms with Crippen molar-refractivity contribution in [1.82, 2.24) is 0 Å². The highest BCUT2D eigenvalue weighted by molar-refractivity contribution is 14.1. The Morgan fingerprint density at radius 3 is 1.70 bits per heavy atom. The summed E-state index contributed by atoms with van der Waals surface area (Å²) in [5, 5.41) is 0. The van der Waals surface area contributed by atoms with E-state index < -0.39 is 29.3 Å². The zero-order valence-electron chi connectivity index (χ0n) is 17.6. The molecule has 0 spiro atoms. The molecule has 2 nitrogen and oxygen atoms in total. The largest absolute Gasteiger partial charge is 0.416 e. The van der Waals surface area contributed by atoms with Crippen LogP contribution >= 0.6 is 22.6 Å². The number of ether oxygens (including phenoxy) is 2. The van der Waals surface area contributed by atoms with E-state index in [0.717, 1.165) is 25.7 Å². The standard InChI is InChI=1S/C24H23F6IO2/c25-23(26,27)19-10-18(11-20(12-19)24(28,29)30)22(17-4-2-1-3-5-17)32-13-16(14-33-22)15-6-8-21(31)9-7-15/h1-5,10-12,15-16,21H,6-9,13-14H2. The van der Waals surface area contributed by atoms with Gasteiger partial charge in [0.2, 0.25) is 5.79 Å². The fourth-order valence-electron chi connectivity index (χ4n) is 4.66. The van der Waals surface area contributed by atoms with Gasteiger partial charge in [-0.25, -0.2) is 0 Å². The average Bonchev–Trinajstić information content (AvgIpc) is 2.79. The summed E-state index contributed by atoms with van der Waals surface area (Å²) in [7, 11) is 0. The van der Waals surface area contributed by atoms with E-state index in [0.29, 0.717) is 27.5 Å². The van der Waals surface area contributed by atoms with Crippen LogP contribution in [0, 0.1) is 11.8 Å². The normalized spacial score (nSPS) is 29.1. The summed E-state index contributed by atoms with van der Waals surface area (Å²) in [5.74, 6) is -1.45. The van der Waals surface area contributed by atoms with E-state index in [1.807, 2.05) is 0 Å². The summed E-state index contributed by atoms with van der Waals surface area (Å²) in [6.07, 6.45) is -5.75. The Hall–Kier alpha value is -1.33. The van der Waals surface area contributed by atoms with E-state index in [-0.39, 0.29) is 30.8 Å². The van der Waals surface area contributed by atoms with E-state index >= 15 is 0 Å². The van der Waals surface area contributed by atoms with Gasteiger partial charge in [-0.1, -0.05) is 52.9 Å². The summed E-state index contributed by atoms with van der Waals surface area (Å²) >= 11 is 2.43. The van der Waals surface area contributed by atoms with Crippen molar-refractivity contribution in [2.45, 2.75) is 47.7 Å². The third-order valence-corrected chi connectivity index (χ3v) is 7.74. The lowest BCUT2D eigenvalue weighted by Gasteiger charge is -2.44. The molecule has 1 heterocycles. The second-order valence-electron chi connectivity index (χ2n) is 8.67. The minimum Gasteiger partial charge on any atom is -0.342 e. The Morgan fingerprint density at radius 1 is 0.697 bits per heavy atom. The van der Waals surface area contributed by atoms with Gasteiger partial charge in [-0.2, -0.15) is 26.3 Å². The molecular formula is C24H23F6IO2. The molecule has 0 amide bonds. The highest BCUT2D eigenvalue weighted by Crippen LogP contribution is 2.45. The molecule has 2 aromatic carbocycles. The quantitative estimate of drug-likeness (QED) is 0.211. The van der Waals surface area contributed by atoms with E-state index in [1.54, 1.807) is 30.3 Å². The van der Waals surface area contributed by atoms with E-state index in [2.05, 4.69) is 22.6 Å². The molecule has 1 saturated carbocycles. The van der Waals surface area contributed by atoms with Crippen LogP contribution in [0.1, 0.15) is 47.9 Å². The van der Waals surface area contributed by atoms with Crippen LogP contribution in [0.2, 0.25) is 0 Å². The smallest absolute Gasteiger partial charge is 0.342 e. The second-order valence-corrected chi connectivity index (χ2v) is 10.4. The molecule has 33 heavy (non-hydrogen) atoms. The lowest BCUT2D eigenvalue weighted by Crippen LogP contribution is -2.45. The van der Waals surface area contributed by atoms with Crippen LogP contribution in [0.5, 0.6) is 0 Å². The molecule has 1 saturated heterocycles. The minimum absolute atomic E-state index is 0.0404. The summed E-state index contributed by atoms with van der Waals surface area (Å²) in [6.45, 7) is 0.395.